The third-order valence-electron chi connectivity index (χ3n) is 4.33. The van der Waals surface area contributed by atoms with Gasteiger partial charge in [-0.25, -0.2) is 12.8 Å². The van der Waals surface area contributed by atoms with Crippen LogP contribution >= 0.6 is 11.8 Å². The lowest BCUT2D eigenvalue weighted by atomic mass is 10.1. The highest BCUT2D eigenvalue weighted by Gasteiger charge is 2.35. The summed E-state index contributed by atoms with van der Waals surface area (Å²) in [5.74, 6) is -0.628. The average Bonchev–Trinajstić information content (AvgIpc) is 2.90. The van der Waals surface area contributed by atoms with Crippen LogP contribution in [0.15, 0.2) is 24.3 Å². The fraction of sp³-hybridized carbons (Fsp3) is 0.500. The van der Waals surface area contributed by atoms with E-state index in [9.17, 15) is 22.4 Å². The Balaban J connectivity index is 1.54. The van der Waals surface area contributed by atoms with E-state index in [1.807, 2.05) is 0 Å². The topological polar surface area (TPSA) is 92.3 Å². The maximum Gasteiger partial charge on any atom is 0.243 e. The molecular formula is C16H19FN2O4S2. The zero-order valence-electron chi connectivity index (χ0n) is 13.4. The largest absolute Gasteiger partial charge is 0.351 e. The maximum absolute atomic E-state index is 13.7. The first-order valence-electron chi connectivity index (χ1n) is 8.00. The fourth-order valence-electron chi connectivity index (χ4n) is 2.96. The minimum absolute atomic E-state index is 0.0531. The van der Waals surface area contributed by atoms with Gasteiger partial charge in [-0.3, -0.25) is 9.59 Å². The molecule has 9 heteroatoms. The molecule has 0 radical (unpaired) electrons. The van der Waals surface area contributed by atoms with Crippen LogP contribution < -0.4 is 10.6 Å². The number of halogens is 1. The summed E-state index contributed by atoms with van der Waals surface area (Å²) in [5, 5.41) is 4.90. The molecule has 2 heterocycles. The lowest BCUT2D eigenvalue weighted by molar-refractivity contribution is -0.128. The molecule has 25 heavy (non-hydrogen) atoms. The van der Waals surface area contributed by atoms with Crippen molar-refractivity contribution in [2.24, 2.45) is 0 Å². The number of nitrogens with one attached hydrogen (secondary N) is 2. The smallest absolute Gasteiger partial charge is 0.243 e. The first-order chi connectivity index (χ1) is 11.8. The van der Waals surface area contributed by atoms with Gasteiger partial charge in [0.2, 0.25) is 11.8 Å². The predicted molar refractivity (Wildman–Crippen MR) is 93.5 cm³/mol. The van der Waals surface area contributed by atoms with Crippen LogP contribution in [0.1, 0.15) is 12.0 Å². The fourth-order valence-corrected chi connectivity index (χ4v) is 5.81. The number of rotatable bonds is 4. The van der Waals surface area contributed by atoms with E-state index in [0.717, 1.165) is 0 Å². The highest BCUT2D eigenvalue weighted by molar-refractivity contribution is 8.00. The van der Waals surface area contributed by atoms with E-state index in [4.69, 9.17) is 0 Å². The molecule has 1 aromatic rings. The molecular weight excluding hydrogens is 367 g/mol. The minimum Gasteiger partial charge on any atom is -0.351 e. The van der Waals surface area contributed by atoms with Gasteiger partial charge in [0.1, 0.15) is 11.9 Å². The van der Waals surface area contributed by atoms with Crippen molar-refractivity contribution in [3.63, 3.8) is 0 Å². The summed E-state index contributed by atoms with van der Waals surface area (Å²) in [6.45, 7) is 0. The van der Waals surface area contributed by atoms with Crippen molar-refractivity contribution in [2.75, 3.05) is 17.3 Å². The summed E-state index contributed by atoms with van der Waals surface area (Å²) >= 11 is 1.31. The number of carbonyl (C=O) groups excluding carboxylic acids is 2. The van der Waals surface area contributed by atoms with Gasteiger partial charge in [0, 0.05) is 11.8 Å². The van der Waals surface area contributed by atoms with E-state index in [2.05, 4.69) is 10.6 Å². The Morgan fingerprint density at radius 1 is 1.36 bits per heavy atom. The Bertz CT molecular complexity index is 784. The minimum atomic E-state index is -3.07. The van der Waals surface area contributed by atoms with Crippen LogP contribution in [0, 0.1) is 5.82 Å². The van der Waals surface area contributed by atoms with E-state index in [1.54, 1.807) is 18.2 Å². The summed E-state index contributed by atoms with van der Waals surface area (Å²) in [6.07, 6.45) is 0.663. The monoisotopic (exact) mass is 386 g/mol. The highest BCUT2D eigenvalue weighted by atomic mass is 32.2. The Labute approximate surface area is 149 Å². The molecule has 6 nitrogen and oxygen atoms in total. The number of hydrogen-bond acceptors (Lipinski definition) is 5. The van der Waals surface area contributed by atoms with E-state index >= 15 is 0 Å². The molecule has 136 valence electrons. The first kappa shape index (κ1) is 18.2. The molecule has 1 aromatic carbocycles. The third kappa shape index (κ3) is 4.52. The maximum atomic E-state index is 13.7. The zero-order valence-corrected chi connectivity index (χ0v) is 15.0. The van der Waals surface area contributed by atoms with Crippen LogP contribution in [-0.4, -0.2) is 54.8 Å². The van der Waals surface area contributed by atoms with Crippen molar-refractivity contribution < 1.29 is 22.4 Å². The average molecular weight is 386 g/mol. The number of sulfone groups is 1. The number of thioether (sulfide) groups is 1. The predicted octanol–water partition coefficient (Wildman–Crippen LogP) is 0.272. The van der Waals surface area contributed by atoms with E-state index in [-0.39, 0.29) is 35.6 Å². The van der Waals surface area contributed by atoms with Crippen molar-refractivity contribution in [1.29, 1.82) is 0 Å². The molecule has 2 amide bonds. The van der Waals surface area contributed by atoms with Gasteiger partial charge in [-0.1, -0.05) is 18.2 Å². The van der Waals surface area contributed by atoms with Crippen LogP contribution in [0.4, 0.5) is 4.39 Å². The molecule has 0 unspecified atom stereocenters. The Hall–Kier alpha value is -1.61. The molecule has 3 atom stereocenters. The van der Waals surface area contributed by atoms with Crippen LogP contribution in [-0.2, 0) is 25.8 Å². The number of hydrogen-bond donors (Lipinski definition) is 2. The Kier molecular flexibility index (Phi) is 5.33. The van der Waals surface area contributed by atoms with Crippen molar-refractivity contribution in [2.45, 2.75) is 30.2 Å². The number of amides is 2. The standard InChI is InChI=1S/C16H19FN2O4S2/c17-12-4-2-1-3-10(12)7-14-16(21)19-13(8-24-14)15(20)18-11-5-6-25(22,23)9-11/h1-4,11,13-14H,5-9H2,(H,18,20)(H,19,21)/t11-,13+,14-/m1/s1. The van der Waals surface area contributed by atoms with Crippen molar-refractivity contribution in [3.05, 3.63) is 35.6 Å². The molecule has 2 saturated heterocycles. The summed E-state index contributed by atoms with van der Waals surface area (Å²) in [5.41, 5.74) is 0.467. The van der Waals surface area contributed by atoms with Crippen LogP contribution in [0.5, 0.6) is 0 Å². The second-order valence-electron chi connectivity index (χ2n) is 6.29. The van der Waals surface area contributed by atoms with E-state index < -0.39 is 27.2 Å². The SMILES string of the molecule is O=C(N[C@@H]1CCS(=O)(=O)C1)[C@@H]1CS[C@H](Cc2ccccc2F)C(=O)N1. The normalized spacial score (nSPS) is 28.4. The molecule has 3 rings (SSSR count). The number of carbonyl (C=O) groups is 2. The molecule has 2 aliphatic rings. The number of benzene rings is 1. The summed E-state index contributed by atoms with van der Waals surface area (Å²) < 4.78 is 36.6. The second kappa shape index (κ2) is 7.33. The molecule has 0 saturated carbocycles. The molecule has 2 N–H and O–H groups in total. The lowest BCUT2D eigenvalue weighted by Gasteiger charge is -2.29. The summed E-state index contributed by atoms with van der Waals surface area (Å²) in [4.78, 5) is 24.5. The van der Waals surface area contributed by atoms with Gasteiger partial charge in [-0.2, -0.15) is 0 Å². The molecule has 2 fully saturated rings. The lowest BCUT2D eigenvalue weighted by Crippen LogP contribution is -2.56. The van der Waals surface area contributed by atoms with Crippen molar-refractivity contribution >= 4 is 33.4 Å². The van der Waals surface area contributed by atoms with Gasteiger partial charge < -0.3 is 10.6 Å². The quantitative estimate of drug-likeness (QED) is 0.775. The third-order valence-corrected chi connectivity index (χ3v) is 7.41. The van der Waals surface area contributed by atoms with Crippen LogP contribution in [0.2, 0.25) is 0 Å². The molecule has 0 aromatic heterocycles. The summed E-state index contributed by atoms with van der Waals surface area (Å²) in [6, 6.07) is 5.22. The first-order valence-corrected chi connectivity index (χ1v) is 10.9. The van der Waals surface area contributed by atoms with Crippen LogP contribution in [0.25, 0.3) is 0 Å². The van der Waals surface area contributed by atoms with Gasteiger partial charge in [0.15, 0.2) is 9.84 Å². The van der Waals surface area contributed by atoms with Crippen LogP contribution in [0.3, 0.4) is 0 Å². The highest BCUT2D eigenvalue weighted by Crippen LogP contribution is 2.23. The second-order valence-corrected chi connectivity index (χ2v) is 9.75. The van der Waals surface area contributed by atoms with Gasteiger partial charge in [0.05, 0.1) is 16.8 Å². The van der Waals surface area contributed by atoms with Crippen molar-refractivity contribution in [3.8, 4) is 0 Å². The van der Waals surface area contributed by atoms with Gasteiger partial charge in [-0.05, 0) is 24.5 Å². The Morgan fingerprint density at radius 2 is 2.12 bits per heavy atom. The molecule has 0 aliphatic carbocycles. The van der Waals surface area contributed by atoms with Gasteiger partial charge in [-0.15, -0.1) is 11.8 Å². The Morgan fingerprint density at radius 3 is 2.76 bits per heavy atom. The molecule has 0 bridgehead atoms. The summed E-state index contributed by atoms with van der Waals surface area (Å²) in [7, 11) is -3.07. The van der Waals surface area contributed by atoms with Crippen molar-refractivity contribution in [1.82, 2.24) is 10.6 Å². The van der Waals surface area contributed by atoms with E-state index in [0.29, 0.717) is 17.7 Å². The van der Waals surface area contributed by atoms with Gasteiger partial charge in [0.25, 0.3) is 0 Å². The zero-order chi connectivity index (χ0) is 18.0. The van der Waals surface area contributed by atoms with E-state index in [1.165, 1.54) is 17.8 Å². The molecule has 0 spiro atoms. The van der Waals surface area contributed by atoms with Gasteiger partial charge >= 0.3 is 0 Å². The molecule has 2 aliphatic heterocycles.